The van der Waals surface area contributed by atoms with Crippen molar-refractivity contribution in [3.63, 3.8) is 0 Å². The molecule has 1 N–H and O–H groups in total. The lowest BCUT2D eigenvalue weighted by Gasteiger charge is -2.28. The van der Waals surface area contributed by atoms with Gasteiger partial charge in [0.2, 0.25) is 5.78 Å². The number of benzene rings is 1. The fourth-order valence-corrected chi connectivity index (χ4v) is 3.94. The number of Topliss-reactive ketones (excluding diaryl/α,β-unsaturated/α-hetero) is 1. The summed E-state index contributed by atoms with van der Waals surface area (Å²) in [5.41, 5.74) is 1.86. The summed E-state index contributed by atoms with van der Waals surface area (Å²) in [6.45, 7) is 0. The number of halogens is 2. The Bertz CT molecular complexity index is 889. The van der Waals surface area contributed by atoms with Crippen LogP contribution in [0.15, 0.2) is 12.1 Å². The molecular weight excluding hydrogens is 415 g/mol. The molecular formula is C18H19B3F2O6S. The van der Waals surface area contributed by atoms with Crippen molar-refractivity contribution >= 4 is 45.4 Å². The molecule has 0 heterocycles. The van der Waals surface area contributed by atoms with Gasteiger partial charge in [-0.25, -0.2) is 0 Å². The number of rotatable bonds is 8. The molecule has 0 spiro atoms. The number of hydrogen-bond donors (Lipinski definition) is 1. The number of alkyl halides is 2. The van der Waals surface area contributed by atoms with E-state index in [-0.39, 0.29) is 50.4 Å². The predicted molar refractivity (Wildman–Crippen MR) is 107 cm³/mol. The molecule has 0 unspecified atom stereocenters. The standard InChI is InChI=1S/C18H19B3F2O6S/c19-7-10-5-13(8-20)15(14(6-10)9-21)29-17(25)12-3-1-11(2-4-12)16(24)18(22,23)30(26,27)28/h5-6,11-12H,1-4,7-9H2,(H,26,27,28). The van der Waals surface area contributed by atoms with E-state index in [1.807, 2.05) is 0 Å². The van der Waals surface area contributed by atoms with Gasteiger partial charge in [-0.1, -0.05) is 36.7 Å². The van der Waals surface area contributed by atoms with Crippen molar-refractivity contribution in [3.8, 4) is 5.75 Å². The molecule has 2 rings (SSSR count). The first-order valence-electron chi connectivity index (χ1n) is 9.31. The number of carbonyl (C=O) groups excluding carboxylic acids is 2. The van der Waals surface area contributed by atoms with Crippen LogP contribution in [0, 0.1) is 11.8 Å². The fraction of sp³-hybridized carbons (Fsp3) is 0.556. The molecule has 0 atom stereocenters. The van der Waals surface area contributed by atoms with Crippen LogP contribution < -0.4 is 4.74 Å². The van der Waals surface area contributed by atoms with E-state index in [0.717, 1.165) is 5.56 Å². The van der Waals surface area contributed by atoms with E-state index in [4.69, 9.17) is 32.8 Å². The molecule has 1 aliphatic carbocycles. The van der Waals surface area contributed by atoms with Crippen LogP contribution in [0.3, 0.4) is 0 Å². The Morgan fingerprint density at radius 2 is 1.47 bits per heavy atom. The van der Waals surface area contributed by atoms with Crippen LogP contribution in [-0.4, -0.2) is 53.5 Å². The summed E-state index contributed by atoms with van der Waals surface area (Å²) in [4.78, 5) is 24.4. The summed E-state index contributed by atoms with van der Waals surface area (Å²) in [5, 5.41) is -4.87. The minimum atomic E-state index is -5.85. The zero-order valence-electron chi connectivity index (χ0n) is 16.1. The van der Waals surface area contributed by atoms with Gasteiger partial charge in [0, 0.05) is 5.92 Å². The highest BCUT2D eigenvalue weighted by atomic mass is 32.2. The van der Waals surface area contributed by atoms with E-state index in [2.05, 4.69) is 0 Å². The zero-order chi connectivity index (χ0) is 22.7. The van der Waals surface area contributed by atoms with Crippen LogP contribution in [-0.2, 0) is 38.7 Å². The van der Waals surface area contributed by atoms with Gasteiger partial charge < -0.3 is 4.74 Å². The molecule has 1 saturated carbocycles. The molecule has 0 bridgehead atoms. The van der Waals surface area contributed by atoms with Gasteiger partial charge in [-0.05, 0) is 36.8 Å². The van der Waals surface area contributed by atoms with Gasteiger partial charge in [0.05, 0.1) is 29.5 Å². The summed E-state index contributed by atoms with van der Waals surface area (Å²) in [6.07, 6.45) is 0.235. The molecule has 1 aliphatic rings. The normalized spacial score (nSPS) is 20.0. The lowest BCUT2D eigenvalue weighted by atomic mass is 9.80. The van der Waals surface area contributed by atoms with E-state index >= 15 is 0 Å². The first-order chi connectivity index (χ1) is 14.0. The van der Waals surface area contributed by atoms with Crippen LogP contribution >= 0.6 is 0 Å². The third-order valence-corrected chi connectivity index (χ3v) is 6.07. The molecule has 0 aromatic heterocycles. The summed E-state index contributed by atoms with van der Waals surface area (Å²) in [7, 11) is 11.2. The molecule has 12 heteroatoms. The van der Waals surface area contributed by atoms with Crippen LogP contribution in [0.2, 0.25) is 0 Å². The summed E-state index contributed by atoms with van der Waals surface area (Å²) >= 11 is 0. The van der Waals surface area contributed by atoms with E-state index < -0.39 is 39.0 Å². The first kappa shape index (κ1) is 24.6. The van der Waals surface area contributed by atoms with Gasteiger partial charge in [0.25, 0.3) is 0 Å². The quantitative estimate of drug-likeness (QED) is 0.288. The second-order valence-corrected chi connectivity index (χ2v) is 8.64. The Kier molecular flexibility index (Phi) is 7.90. The molecule has 30 heavy (non-hydrogen) atoms. The third kappa shape index (κ3) is 5.14. The Morgan fingerprint density at radius 3 is 1.87 bits per heavy atom. The van der Waals surface area contributed by atoms with Crippen molar-refractivity contribution in [2.24, 2.45) is 11.8 Å². The van der Waals surface area contributed by atoms with E-state index in [1.165, 1.54) is 0 Å². The Hall–Kier alpha value is -1.68. The maximum absolute atomic E-state index is 13.6. The van der Waals surface area contributed by atoms with Crippen LogP contribution in [0.5, 0.6) is 5.75 Å². The van der Waals surface area contributed by atoms with Crippen molar-refractivity contribution < 1.29 is 36.1 Å². The van der Waals surface area contributed by atoms with Crippen LogP contribution in [0.1, 0.15) is 42.4 Å². The van der Waals surface area contributed by atoms with Crippen molar-refractivity contribution in [1.82, 2.24) is 0 Å². The lowest BCUT2D eigenvalue weighted by Crippen LogP contribution is -2.43. The zero-order valence-corrected chi connectivity index (χ0v) is 17.0. The molecule has 0 amide bonds. The van der Waals surface area contributed by atoms with Gasteiger partial charge in [0.1, 0.15) is 5.75 Å². The smallest absolute Gasteiger partial charge is 0.426 e. The first-order valence-corrected chi connectivity index (χ1v) is 10.8. The van der Waals surface area contributed by atoms with Crippen LogP contribution in [0.4, 0.5) is 8.78 Å². The van der Waals surface area contributed by atoms with Gasteiger partial charge in [0.15, 0.2) is 0 Å². The lowest BCUT2D eigenvalue weighted by molar-refractivity contribution is -0.144. The molecule has 1 aromatic rings. The number of hydrogen-bond acceptors (Lipinski definition) is 5. The SMILES string of the molecule is [B]Cc1cc(C[B])c(OC(=O)C2CCC(C(=O)C(F)(F)S(=O)(=O)O)CC2)c(C[B])c1. The van der Waals surface area contributed by atoms with Gasteiger partial charge in [-0.2, -0.15) is 17.2 Å². The Labute approximate surface area is 178 Å². The van der Waals surface area contributed by atoms with E-state index in [1.54, 1.807) is 12.1 Å². The van der Waals surface area contributed by atoms with E-state index in [0.29, 0.717) is 11.1 Å². The number of ether oxygens (including phenoxy) is 1. The van der Waals surface area contributed by atoms with Crippen molar-refractivity contribution in [2.45, 2.75) is 49.9 Å². The highest BCUT2D eigenvalue weighted by Crippen LogP contribution is 2.36. The molecule has 156 valence electrons. The Balaban J connectivity index is 2.09. The topological polar surface area (TPSA) is 97.7 Å². The molecule has 1 aromatic carbocycles. The molecule has 0 aliphatic heterocycles. The van der Waals surface area contributed by atoms with Gasteiger partial charge in [-0.15, -0.1) is 0 Å². The molecule has 6 radical (unpaired) electrons. The largest absolute Gasteiger partial charge is 0.426 e. The average Bonchev–Trinajstić information content (AvgIpc) is 2.72. The second kappa shape index (κ2) is 9.64. The highest BCUT2D eigenvalue weighted by molar-refractivity contribution is 7.87. The number of carbonyl (C=O) groups is 2. The summed E-state index contributed by atoms with van der Waals surface area (Å²) in [5.74, 6) is -4.21. The highest BCUT2D eigenvalue weighted by Gasteiger charge is 2.54. The molecule has 1 fully saturated rings. The van der Waals surface area contributed by atoms with Gasteiger partial charge >= 0.3 is 21.3 Å². The van der Waals surface area contributed by atoms with Crippen molar-refractivity contribution in [1.29, 1.82) is 0 Å². The maximum Gasteiger partial charge on any atom is 0.426 e. The fourth-order valence-electron chi connectivity index (χ4n) is 3.52. The number of esters is 1. The predicted octanol–water partition coefficient (Wildman–Crippen LogP) is 1.45. The molecule has 0 saturated heterocycles. The minimum absolute atomic E-state index is 0.0492. The van der Waals surface area contributed by atoms with Gasteiger partial charge in [-0.3, -0.25) is 14.1 Å². The van der Waals surface area contributed by atoms with Crippen molar-refractivity contribution in [3.05, 3.63) is 28.8 Å². The third-order valence-electron chi connectivity index (χ3n) is 5.22. The monoisotopic (exact) mass is 434 g/mol. The molecule has 6 nitrogen and oxygen atoms in total. The summed E-state index contributed by atoms with van der Waals surface area (Å²) < 4.78 is 62.8. The average molecular weight is 434 g/mol. The van der Waals surface area contributed by atoms with Crippen LogP contribution in [0.25, 0.3) is 0 Å². The maximum atomic E-state index is 13.6. The van der Waals surface area contributed by atoms with Crippen molar-refractivity contribution in [2.75, 3.05) is 0 Å². The summed E-state index contributed by atoms with van der Waals surface area (Å²) in [6, 6.07) is 3.41. The number of ketones is 1. The minimum Gasteiger partial charge on any atom is -0.426 e. The Morgan fingerprint density at radius 1 is 1.00 bits per heavy atom. The second-order valence-electron chi connectivity index (χ2n) is 7.18. The van der Waals surface area contributed by atoms with E-state index in [9.17, 15) is 26.8 Å².